The van der Waals surface area contributed by atoms with Gasteiger partial charge in [0, 0.05) is 7.05 Å². The van der Waals surface area contributed by atoms with Gasteiger partial charge in [-0.1, -0.05) is 6.07 Å². The summed E-state index contributed by atoms with van der Waals surface area (Å²) in [6.45, 7) is 4.93. The van der Waals surface area contributed by atoms with Crippen LogP contribution in [0.5, 0.6) is 0 Å². The Morgan fingerprint density at radius 2 is 1.67 bits per heavy atom. The monoisotopic (exact) mass is 516 g/mol. The lowest BCUT2D eigenvalue weighted by atomic mass is 9.99. The van der Waals surface area contributed by atoms with Crippen molar-refractivity contribution in [1.29, 1.82) is 0 Å². The van der Waals surface area contributed by atoms with Crippen molar-refractivity contribution < 1.29 is 17.7 Å². The molecule has 1 aromatic heterocycles. The SMILES string of the molecule is Cc1nn(C)c(C)c1N(C1CCN(C)CC1)S(=O)(=O)[NH+]([O-])C(=O)Nc1c2c(cc3c1CCC3)CCC2. The minimum atomic E-state index is -4.64. The number of anilines is 2. The summed E-state index contributed by atoms with van der Waals surface area (Å²) < 4.78 is 29.2. The molecule has 1 aliphatic heterocycles. The molecule has 5 rings (SSSR count). The molecule has 1 unspecified atom stereocenters. The van der Waals surface area contributed by atoms with Gasteiger partial charge in [0.2, 0.25) is 0 Å². The molecule has 3 aliphatic rings. The maximum Gasteiger partial charge on any atom is 0.436 e. The highest BCUT2D eigenvalue weighted by atomic mass is 32.2. The van der Waals surface area contributed by atoms with Crippen molar-refractivity contribution in [3.63, 3.8) is 0 Å². The van der Waals surface area contributed by atoms with Crippen LogP contribution in [0.4, 0.5) is 16.2 Å². The second-order valence-electron chi connectivity index (χ2n) is 10.5. The Labute approximate surface area is 213 Å². The number of hydrogen-bond acceptors (Lipinski definition) is 6. The molecule has 1 saturated heterocycles. The number of aryl methyl sites for hydroxylation is 4. The maximum absolute atomic E-state index is 13.9. The van der Waals surface area contributed by atoms with E-state index >= 15 is 0 Å². The van der Waals surface area contributed by atoms with Gasteiger partial charge in [0.15, 0.2) is 0 Å². The van der Waals surface area contributed by atoms with Crippen LogP contribution in [0.15, 0.2) is 6.07 Å². The molecule has 0 radical (unpaired) electrons. The molecule has 1 aromatic carbocycles. The Kier molecular flexibility index (Phi) is 6.61. The average Bonchev–Trinajstić information content (AvgIpc) is 3.56. The number of carbonyl (C=O) groups excluding carboxylic acids is 1. The molecule has 11 heteroatoms. The van der Waals surface area contributed by atoms with E-state index in [0.717, 1.165) is 49.7 Å². The zero-order valence-corrected chi connectivity index (χ0v) is 22.4. The van der Waals surface area contributed by atoms with E-state index in [-0.39, 0.29) is 0 Å². The van der Waals surface area contributed by atoms with Crippen molar-refractivity contribution in [1.82, 2.24) is 14.7 Å². The van der Waals surface area contributed by atoms with Gasteiger partial charge in [-0.2, -0.15) is 18.0 Å². The molecule has 196 valence electrons. The standard InChI is InChI=1S/C25H36N6O4S/c1-16-24(17(2)29(4)27-16)30(20-11-13-28(3)14-12-20)36(34,35)31(33)25(32)26-23-21-9-5-7-18(21)15-19-8-6-10-22(19)23/h15,20,31H,5-14H2,1-4H3,(H,26,32). The van der Waals surface area contributed by atoms with Crippen LogP contribution in [0.2, 0.25) is 0 Å². The fourth-order valence-electron chi connectivity index (χ4n) is 6.15. The number of fused-ring (bicyclic) bond motifs is 2. The predicted molar refractivity (Wildman–Crippen MR) is 138 cm³/mol. The van der Waals surface area contributed by atoms with Crippen LogP contribution < -0.4 is 14.1 Å². The van der Waals surface area contributed by atoms with Gasteiger partial charge >= 0.3 is 16.2 Å². The number of aromatic nitrogens is 2. The van der Waals surface area contributed by atoms with Gasteiger partial charge in [-0.3, -0.25) is 10.00 Å². The molecule has 0 bridgehead atoms. The second kappa shape index (κ2) is 9.44. The fraction of sp³-hybridized carbons (Fsp3) is 0.600. The molecular weight excluding hydrogens is 480 g/mol. The number of nitrogens with one attached hydrogen (secondary N) is 2. The van der Waals surface area contributed by atoms with Crippen molar-refractivity contribution in [2.75, 3.05) is 29.8 Å². The molecule has 2 aliphatic carbocycles. The molecule has 10 nitrogen and oxygen atoms in total. The largest absolute Gasteiger partial charge is 0.608 e. The first-order valence-corrected chi connectivity index (χ1v) is 14.3. The predicted octanol–water partition coefficient (Wildman–Crippen LogP) is 1.77. The average molecular weight is 517 g/mol. The minimum Gasteiger partial charge on any atom is -0.608 e. The van der Waals surface area contributed by atoms with Crippen LogP contribution in [0.3, 0.4) is 0 Å². The summed E-state index contributed by atoms with van der Waals surface area (Å²) in [5.74, 6) is 0. The molecule has 1 fully saturated rings. The van der Waals surface area contributed by atoms with Gasteiger partial charge < -0.3 is 10.1 Å². The Bertz CT molecular complexity index is 1260. The summed E-state index contributed by atoms with van der Waals surface area (Å²) in [6.07, 6.45) is 6.68. The highest BCUT2D eigenvalue weighted by molar-refractivity contribution is 7.86. The van der Waals surface area contributed by atoms with Crippen molar-refractivity contribution in [2.24, 2.45) is 7.05 Å². The Hall–Kier alpha value is -2.47. The molecule has 2 N–H and O–H groups in total. The van der Waals surface area contributed by atoms with E-state index in [9.17, 15) is 18.4 Å². The van der Waals surface area contributed by atoms with Crippen LogP contribution in [-0.4, -0.2) is 55.3 Å². The van der Waals surface area contributed by atoms with Gasteiger partial charge in [-0.15, -0.1) is 0 Å². The first-order valence-electron chi connectivity index (χ1n) is 12.8. The van der Waals surface area contributed by atoms with Crippen LogP contribution in [0.1, 0.15) is 59.3 Å². The van der Waals surface area contributed by atoms with E-state index in [0.29, 0.717) is 48.7 Å². The smallest absolute Gasteiger partial charge is 0.436 e. The number of urea groups is 1. The van der Waals surface area contributed by atoms with E-state index in [2.05, 4.69) is 21.4 Å². The summed E-state index contributed by atoms with van der Waals surface area (Å²) >= 11 is 0. The molecule has 2 amide bonds. The lowest BCUT2D eigenvalue weighted by Gasteiger charge is -2.38. The highest BCUT2D eigenvalue weighted by Crippen LogP contribution is 2.38. The van der Waals surface area contributed by atoms with Crippen molar-refractivity contribution >= 4 is 27.6 Å². The van der Waals surface area contributed by atoms with E-state index in [4.69, 9.17) is 0 Å². The third kappa shape index (κ3) is 4.21. The molecule has 36 heavy (non-hydrogen) atoms. The first kappa shape index (κ1) is 25.2. The molecule has 0 saturated carbocycles. The number of nitrogens with zero attached hydrogens (tertiary/aromatic N) is 4. The summed E-state index contributed by atoms with van der Waals surface area (Å²) in [5.41, 5.74) is 6.75. The number of rotatable bonds is 5. The molecule has 0 spiro atoms. The Balaban J connectivity index is 1.49. The topological polar surface area (TPSA) is 115 Å². The number of hydrogen-bond donors (Lipinski definition) is 2. The lowest BCUT2D eigenvalue weighted by Crippen LogP contribution is -3.14. The summed E-state index contributed by atoms with van der Waals surface area (Å²) in [4.78, 5) is 15.4. The Morgan fingerprint density at radius 3 is 2.19 bits per heavy atom. The zero-order valence-electron chi connectivity index (χ0n) is 21.6. The van der Waals surface area contributed by atoms with Crippen molar-refractivity contribution in [2.45, 2.75) is 71.3 Å². The number of piperidine rings is 1. The normalized spacial score (nSPS) is 19.2. The minimum absolute atomic E-state index is 0.398. The van der Waals surface area contributed by atoms with Crippen LogP contribution in [0, 0.1) is 19.1 Å². The van der Waals surface area contributed by atoms with Crippen molar-refractivity contribution in [3.8, 4) is 0 Å². The van der Waals surface area contributed by atoms with Crippen LogP contribution in [0.25, 0.3) is 0 Å². The number of carbonyl (C=O) groups is 1. The molecule has 1 atom stereocenters. The number of amides is 2. The third-order valence-electron chi connectivity index (χ3n) is 8.10. The van der Waals surface area contributed by atoms with Crippen LogP contribution in [-0.2, 0) is 42.9 Å². The number of likely N-dealkylation sites (tertiary alicyclic amines) is 1. The number of quaternary nitrogens is 1. The lowest BCUT2D eigenvalue weighted by molar-refractivity contribution is -0.604. The zero-order chi connectivity index (χ0) is 25.8. The van der Waals surface area contributed by atoms with Gasteiger partial charge in [-0.25, -0.2) is 9.10 Å². The van der Waals surface area contributed by atoms with E-state index < -0.39 is 26.8 Å². The molecular formula is C25H36N6O4S. The van der Waals surface area contributed by atoms with Crippen LogP contribution >= 0.6 is 0 Å². The second-order valence-corrected chi connectivity index (χ2v) is 12.2. The fourth-order valence-corrected chi connectivity index (χ4v) is 7.72. The van der Waals surface area contributed by atoms with Gasteiger partial charge in [0.05, 0.1) is 23.1 Å². The number of hydroxylamine groups is 1. The first-order chi connectivity index (χ1) is 17.1. The summed E-state index contributed by atoms with van der Waals surface area (Å²) in [5, 5.41) is 20.6. The maximum atomic E-state index is 13.9. The van der Waals surface area contributed by atoms with E-state index in [1.54, 1.807) is 25.6 Å². The quantitative estimate of drug-likeness (QED) is 0.586. The number of benzene rings is 1. The molecule has 2 aromatic rings. The highest BCUT2D eigenvalue weighted by Gasteiger charge is 2.42. The Morgan fingerprint density at radius 1 is 1.08 bits per heavy atom. The molecule has 2 heterocycles. The summed E-state index contributed by atoms with van der Waals surface area (Å²) in [6, 6.07) is 0.727. The van der Waals surface area contributed by atoms with Crippen molar-refractivity contribution in [3.05, 3.63) is 44.9 Å². The van der Waals surface area contributed by atoms with E-state index in [1.807, 2.05) is 7.05 Å². The van der Waals surface area contributed by atoms with Gasteiger partial charge in [0.1, 0.15) is 5.69 Å². The van der Waals surface area contributed by atoms with E-state index in [1.165, 1.54) is 15.4 Å². The van der Waals surface area contributed by atoms with Gasteiger partial charge in [0.25, 0.3) is 0 Å². The van der Waals surface area contributed by atoms with Gasteiger partial charge in [-0.05, 0) is 108 Å². The third-order valence-corrected chi connectivity index (χ3v) is 9.75. The summed E-state index contributed by atoms with van der Waals surface area (Å²) in [7, 11) is -0.902.